The number of carbonyl (C=O) groups excluding carboxylic acids is 1. The molecule has 0 bridgehead atoms. The Morgan fingerprint density at radius 1 is 1.27 bits per heavy atom. The Hall–Kier alpha value is -2.73. The number of rotatable bonds is 4. The van der Waals surface area contributed by atoms with Crippen LogP contribution in [0.4, 0.5) is 0 Å². The Kier molecular flexibility index (Phi) is 5.03. The van der Waals surface area contributed by atoms with Gasteiger partial charge in [-0.25, -0.2) is 9.97 Å². The fourth-order valence-electron chi connectivity index (χ4n) is 4.92. The molecule has 2 aliphatic heterocycles. The first kappa shape index (κ1) is 19.2. The maximum Gasteiger partial charge on any atom is 0.222 e. The SMILES string of the molecule is Cc1ncc2c(n1)C1(CCN(C(=O)CCCc3c[nH]c4ccccc34)CC1)OCC2. The monoisotopic (exact) mass is 404 g/mol. The number of H-pyrrole nitrogens is 1. The van der Waals surface area contributed by atoms with Gasteiger partial charge in [0.1, 0.15) is 11.4 Å². The van der Waals surface area contributed by atoms with Crippen LogP contribution in [0.1, 0.15) is 48.3 Å². The highest BCUT2D eigenvalue weighted by Gasteiger charge is 2.43. The van der Waals surface area contributed by atoms with Crippen molar-refractivity contribution in [1.29, 1.82) is 0 Å². The van der Waals surface area contributed by atoms with Gasteiger partial charge < -0.3 is 14.6 Å². The van der Waals surface area contributed by atoms with Crippen LogP contribution >= 0.6 is 0 Å². The van der Waals surface area contributed by atoms with Gasteiger partial charge in [-0.1, -0.05) is 18.2 Å². The van der Waals surface area contributed by atoms with Gasteiger partial charge in [-0.3, -0.25) is 4.79 Å². The van der Waals surface area contributed by atoms with Crippen LogP contribution in [-0.2, 0) is 28.0 Å². The summed E-state index contributed by atoms with van der Waals surface area (Å²) in [4.78, 5) is 27.2. The lowest BCUT2D eigenvalue weighted by Crippen LogP contribution is -2.49. The van der Waals surface area contributed by atoms with Gasteiger partial charge in [-0.2, -0.15) is 0 Å². The number of aryl methyl sites for hydroxylation is 2. The molecule has 4 heterocycles. The number of carbonyl (C=O) groups is 1. The predicted octanol–water partition coefficient (Wildman–Crippen LogP) is 3.68. The highest BCUT2D eigenvalue weighted by molar-refractivity contribution is 5.83. The minimum absolute atomic E-state index is 0.250. The van der Waals surface area contributed by atoms with E-state index in [1.807, 2.05) is 24.1 Å². The van der Waals surface area contributed by atoms with Crippen molar-refractivity contribution in [3.05, 3.63) is 59.3 Å². The number of benzene rings is 1. The van der Waals surface area contributed by atoms with Crippen molar-refractivity contribution in [2.24, 2.45) is 0 Å². The van der Waals surface area contributed by atoms with Crippen molar-refractivity contribution < 1.29 is 9.53 Å². The number of aromatic nitrogens is 3. The topological polar surface area (TPSA) is 71.1 Å². The van der Waals surface area contributed by atoms with Gasteiger partial charge in [0.05, 0.1) is 12.3 Å². The Bertz CT molecular complexity index is 1070. The Balaban J connectivity index is 1.18. The minimum Gasteiger partial charge on any atom is -0.368 e. The molecule has 0 radical (unpaired) electrons. The molecule has 0 unspecified atom stereocenters. The summed E-state index contributed by atoms with van der Waals surface area (Å²) in [5, 5.41) is 1.26. The van der Waals surface area contributed by atoms with Crippen LogP contribution in [0.15, 0.2) is 36.7 Å². The van der Waals surface area contributed by atoms with E-state index in [1.54, 1.807) is 0 Å². The highest BCUT2D eigenvalue weighted by atomic mass is 16.5. The van der Waals surface area contributed by atoms with Crippen LogP contribution in [0.5, 0.6) is 0 Å². The van der Waals surface area contributed by atoms with E-state index in [2.05, 4.69) is 34.4 Å². The van der Waals surface area contributed by atoms with Crippen LogP contribution in [0.2, 0.25) is 0 Å². The third-order valence-corrected chi connectivity index (χ3v) is 6.60. The number of likely N-dealkylation sites (tertiary alicyclic amines) is 1. The number of aromatic amines is 1. The van der Waals surface area contributed by atoms with Gasteiger partial charge in [0, 0.05) is 42.8 Å². The van der Waals surface area contributed by atoms with Gasteiger partial charge in [0.2, 0.25) is 5.91 Å². The fraction of sp³-hybridized carbons (Fsp3) is 0.458. The van der Waals surface area contributed by atoms with Crippen LogP contribution < -0.4 is 0 Å². The van der Waals surface area contributed by atoms with E-state index in [-0.39, 0.29) is 11.5 Å². The van der Waals surface area contributed by atoms with Crippen LogP contribution in [-0.4, -0.2) is 45.5 Å². The number of amides is 1. The summed E-state index contributed by atoms with van der Waals surface area (Å²) in [5.41, 5.74) is 4.35. The second kappa shape index (κ2) is 7.84. The summed E-state index contributed by atoms with van der Waals surface area (Å²) in [6.45, 7) is 4.09. The van der Waals surface area contributed by atoms with Crippen LogP contribution in [0, 0.1) is 6.92 Å². The number of hydrogen-bond acceptors (Lipinski definition) is 4. The zero-order valence-corrected chi connectivity index (χ0v) is 17.5. The molecule has 0 atom stereocenters. The number of nitrogens with one attached hydrogen (secondary N) is 1. The summed E-state index contributed by atoms with van der Waals surface area (Å²) in [7, 11) is 0. The molecule has 1 spiro atoms. The molecule has 1 amide bonds. The molecular weight excluding hydrogens is 376 g/mol. The molecule has 3 aromatic rings. The van der Waals surface area contributed by atoms with E-state index >= 15 is 0 Å². The largest absolute Gasteiger partial charge is 0.368 e. The van der Waals surface area contributed by atoms with Gasteiger partial charge >= 0.3 is 0 Å². The molecule has 1 fully saturated rings. The number of para-hydroxylation sites is 1. The van der Waals surface area contributed by atoms with Crippen LogP contribution in [0.3, 0.4) is 0 Å². The Labute approximate surface area is 176 Å². The third-order valence-electron chi connectivity index (χ3n) is 6.60. The Morgan fingerprint density at radius 2 is 2.10 bits per heavy atom. The average molecular weight is 405 g/mol. The number of nitrogens with zero attached hydrogens (tertiary/aromatic N) is 3. The zero-order valence-electron chi connectivity index (χ0n) is 17.5. The molecule has 0 aliphatic carbocycles. The first-order valence-corrected chi connectivity index (χ1v) is 10.9. The summed E-state index contributed by atoms with van der Waals surface area (Å²) < 4.78 is 6.26. The molecule has 1 saturated heterocycles. The van der Waals surface area contributed by atoms with Crippen molar-refractivity contribution in [3.8, 4) is 0 Å². The second-order valence-electron chi connectivity index (χ2n) is 8.48. The Morgan fingerprint density at radius 3 is 2.97 bits per heavy atom. The van der Waals surface area contributed by atoms with Crippen LogP contribution in [0.25, 0.3) is 10.9 Å². The van der Waals surface area contributed by atoms with Gasteiger partial charge in [-0.15, -0.1) is 0 Å². The molecule has 30 heavy (non-hydrogen) atoms. The fourth-order valence-corrected chi connectivity index (χ4v) is 4.92. The van der Waals surface area contributed by atoms with Gasteiger partial charge in [0.25, 0.3) is 0 Å². The summed E-state index contributed by atoms with van der Waals surface area (Å²) in [6.07, 6.45) is 8.88. The summed E-state index contributed by atoms with van der Waals surface area (Å²) >= 11 is 0. The average Bonchev–Trinajstić information content (AvgIpc) is 3.18. The normalized spacial score (nSPS) is 18.0. The number of piperidine rings is 1. The van der Waals surface area contributed by atoms with E-state index < -0.39 is 0 Å². The summed E-state index contributed by atoms with van der Waals surface area (Å²) in [5.74, 6) is 1.04. The number of hydrogen-bond donors (Lipinski definition) is 1. The van der Waals surface area contributed by atoms with Crippen molar-refractivity contribution in [1.82, 2.24) is 19.9 Å². The molecule has 156 valence electrons. The molecule has 5 rings (SSSR count). The van der Waals surface area contributed by atoms with Crippen molar-refractivity contribution in [2.45, 2.75) is 51.0 Å². The molecule has 2 aromatic heterocycles. The maximum absolute atomic E-state index is 12.8. The van der Waals surface area contributed by atoms with Crippen molar-refractivity contribution in [2.75, 3.05) is 19.7 Å². The van der Waals surface area contributed by atoms with E-state index in [4.69, 9.17) is 9.72 Å². The van der Waals surface area contributed by atoms with Crippen molar-refractivity contribution in [3.63, 3.8) is 0 Å². The smallest absolute Gasteiger partial charge is 0.222 e. The highest BCUT2D eigenvalue weighted by Crippen LogP contribution is 2.40. The quantitative estimate of drug-likeness (QED) is 0.720. The van der Waals surface area contributed by atoms with E-state index in [0.29, 0.717) is 13.0 Å². The molecule has 1 aromatic carbocycles. The third kappa shape index (κ3) is 3.49. The van der Waals surface area contributed by atoms with Crippen molar-refractivity contribution >= 4 is 16.8 Å². The molecule has 6 heteroatoms. The molecule has 2 aliphatic rings. The van der Waals surface area contributed by atoms with E-state index in [1.165, 1.54) is 16.5 Å². The lowest BCUT2D eigenvalue weighted by molar-refractivity contribution is -0.141. The first-order valence-electron chi connectivity index (χ1n) is 10.9. The zero-order chi connectivity index (χ0) is 20.6. The number of ether oxygens (including phenoxy) is 1. The standard InChI is InChI=1S/C24H28N4O2/c1-17-25-16-19-9-14-30-24(23(19)27-17)10-12-28(13-11-24)22(29)8-4-5-18-15-26-21-7-3-2-6-20(18)21/h2-3,6-7,15-16,26H,4-5,8-14H2,1H3. The summed E-state index contributed by atoms with van der Waals surface area (Å²) in [6, 6.07) is 8.33. The number of fused-ring (bicyclic) bond motifs is 3. The first-order chi connectivity index (χ1) is 14.6. The molecular formula is C24H28N4O2. The van der Waals surface area contributed by atoms with Gasteiger partial charge in [0.15, 0.2) is 0 Å². The van der Waals surface area contributed by atoms with E-state index in [0.717, 1.165) is 62.2 Å². The second-order valence-corrected chi connectivity index (χ2v) is 8.48. The van der Waals surface area contributed by atoms with E-state index in [9.17, 15) is 4.79 Å². The molecule has 1 N–H and O–H groups in total. The maximum atomic E-state index is 12.8. The lowest BCUT2D eigenvalue weighted by Gasteiger charge is -2.44. The minimum atomic E-state index is -0.345. The molecule has 6 nitrogen and oxygen atoms in total. The molecule has 0 saturated carbocycles. The lowest BCUT2D eigenvalue weighted by atomic mass is 9.83. The van der Waals surface area contributed by atoms with Gasteiger partial charge in [-0.05, 0) is 56.2 Å². The predicted molar refractivity (Wildman–Crippen MR) is 115 cm³/mol.